The van der Waals surface area contributed by atoms with Gasteiger partial charge >= 0.3 is 5.97 Å². The van der Waals surface area contributed by atoms with Crippen molar-refractivity contribution in [2.24, 2.45) is 11.8 Å². The van der Waals surface area contributed by atoms with Gasteiger partial charge in [-0.2, -0.15) is 0 Å². The first-order valence-corrected chi connectivity index (χ1v) is 8.53. The third-order valence-electron chi connectivity index (χ3n) is 4.73. The van der Waals surface area contributed by atoms with Gasteiger partial charge < -0.3 is 15.0 Å². The molecule has 0 spiro atoms. The zero-order valence-corrected chi connectivity index (χ0v) is 14.4. The van der Waals surface area contributed by atoms with E-state index in [0.29, 0.717) is 24.3 Å². The average molecular weight is 298 g/mol. The van der Waals surface area contributed by atoms with Gasteiger partial charge in [0.25, 0.3) is 0 Å². The third kappa shape index (κ3) is 6.79. The van der Waals surface area contributed by atoms with E-state index in [-0.39, 0.29) is 5.97 Å². The van der Waals surface area contributed by atoms with E-state index >= 15 is 0 Å². The van der Waals surface area contributed by atoms with E-state index in [0.717, 1.165) is 19.5 Å². The quantitative estimate of drug-likeness (QED) is 0.497. The molecule has 0 bridgehead atoms. The Kier molecular flexibility index (Phi) is 8.93. The second-order valence-corrected chi connectivity index (χ2v) is 6.64. The molecule has 1 fully saturated rings. The summed E-state index contributed by atoms with van der Waals surface area (Å²) in [5.74, 6) is 1.10. The summed E-state index contributed by atoms with van der Waals surface area (Å²) in [6.07, 6.45) is 8.04. The Labute approximate surface area is 130 Å². The van der Waals surface area contributed by atoms with Crippen LogP contribution in [0.1, 0.15) is 51.9 Å². The molecule has 0 aromatic rings. The number of likely N-dealkylation sites (N-methyl/N-ethyl adjacent to an activating group) is 1. The number of nitrogens with one attached hydrogen (secondary N) is 1. The van der Waals surface area contributed by atoms with Gasteiger partial charge in [0.1, 0.15) is 0 Å². The summed E-state index contributed by atoms with van der Waals surface area (Å²) in [7, 11) is 5.71. The fourth-order valence-electron chi connectivity index (χ4n) is 3.50. The summed E-state index contributed by atoms with van der Waals surface area (Å²) in [4.78, 5) is 13.8. The number of ether oxygens (including phenoxy) is 1. The van der Waals surface area contributed by atoms with E-state index in [1.165, 1.54) is 39.2 Å². The molecule has 3 atom stereocenters. The normalized spacial score (nSPS) is 25.5. The lowest BCUT2D eigenvalue weighted by molar-refractivity contribution is -0.142. The largest absolute Gasteiger partial charge is 0.469 e. The lowest BCUT2D eigenvalue weighted by Crippen LogP contribution is -2.38. The number of carbonyl (C=O) groups is 1. The van der Waals surface area contributed by atoms with Gasteiger partial charge in [0, 0.05) is 25.6 Å². The van der Waals surface area contributed by atoms with Crippen molar-refractivity contribution in [1.29, 1.82) is 0 Å². The second kappa shape index (κ2) is 10.2. The number of hydrogen-bond acceptors (Lipinski definition) is 4. The first-order valence-electron chi connectivity index (χ1n) is 8.53. The van der Waals surface area contributed by atoms with E-state index in [2.05, 4.69) is 31.2 Å². The second-order valence-electron chi connectivity index (χ2n) is 6.64. The molecule has 0 unspecified atom stereocenters. The molecule has 1 N–H and O–H groups in total. The molecule has 21 heavy (non-hydrogen) atoms. The molecule has 0 aromatic heterocycles. The minimum atomic E-state index is -0.0468. The van der Waals surface area contributed by atoms with Crippen LogP contribution in [0.3, 0.4) is 0 Å². The molecule has 124 valence electrons. The zero-order chi connectivity index (χ0) is 15.7. The zero-order valence-electron chi connectivity index (χ0n) is 14.4. The SMILES string of the molecule is CCCCC[C@H]1[C@@H](CC(=O)OC)CC[C@H]1NCCN(C)C. The average Bonchev–Trinajstić information content (AvgIpc) is 2.81. The van der Waals surface area contributed by atoms with Crippen LogP contribution in [0, 0.1) is 11.8 Å². The molecular weight excluding hydrogens is 264 g/mol. The Morgan fingerprint density at radius 2 is 2.05 bits per heavy atom. The van der Waals surface area contributed by atoms with Crippen LogP contribution in [-0.2, 0) is 9.53 Å². The summed E-state index contributed by atoms with van der Waals surface area (Å²) in [5.41, 5.74) is 0. The summed E-state index contributed by atoms with van der Waals surface area (Å²) in [6.45, 7) is 4.35. The van der Waals surface area contributed by atoms with Crippen LogP contribution in [0.4, 0.5) is 0 Å². The van der Waals surface area contributed by atoms with Gasteiger partial charge in [0.15, 0.2) is 0 Å². The van der Waals surface area contributed by atoms with Crippen LogP contribution in [0.15, 0.2) is 0 Å². The smallest absolute Gasteiger partial charge is 0.305 e. The lowest BCUT2D eigenvalue weighted by atomic mass is 9.86. The highest BCUT2D eigenvalue weighted by Crippen LogP contribution is 2.38. The monoisotopic (exact) mass is 298 g/mol. The van der Waals surface area contributed by atoms with Crippen molar-refractivity contribution >= 4 is 5.97 Å². The number of methoxy groups -OCH3 is 1. The predicted octanol–water partition coefficient (Wildman–Crippen LogP) is 2.68. The van der Waals surface area contributed by atoms with Crippen LogP contribution < -0.4 is 5.32 Å². The molecule has 4 nitrogen and oxygen atoms in total. The molecule has 4 heteroatoms. The first kappa shape index (κ1) is 18.4. The Morgan fingerprint density at radius 1 is 1.29 bits per heavy atom. The minimum Gasteiger partial charge on any atom is -0.469 e. The third-order valence-corrected chi connectivity index (χ3v) is 4.73. The van der Waals surface area contributed by atoms with E-state index < -0.39 is 0 Å². The number of esters is 1. The first-order chi connectivity index (χ1) is 10.1. The molecule has 1 rings (SSSR count). The van der Waals surface area contributed by atoms with Crippen molar-refractivity contribution in [1.82, 2.24) is 10.2 Å². The maximum absolute atomic E-state index is 11.6. The Morgan fingerprint density at radius 3 is 2.67 bits per heavy atom. The van der Waals surface area contributed by atoms with Crippen LogP contribution in [0.2, 0.25) is 0 Å². The number of nitrogens with zero attached hydrogens (tertiary/aromatic N) is 1. The molecule has 0 saturated heterocycles. The van der Waals surface area contributed by atoms with Crippen molar-refractivity contribution in [2.45, 2.75) is 57.9 Å². The maximum Gasteiger partial charge on any atom is 0.305 e. The molecule has 1 saturated carbocycles. The topological polar surface area (TPSA) is 41.6 Å². The Hall–Kier alpha value is -0.610. The van der Waals surface area contributed by atoms with Gasteiger partial charge in [-0.15, -0.1) is 0 Å². The summed E-state index contributed by atoms with van der Waals surface area (Å²) >= 11 is 0. The fourth-order valence-corrected chi connectivity index (χ4v) is 3.50. The highest BCUT2D eigenvalue weighted by Gasteiger charge is 2.36. The van der Waals surface area contributed by atoms with Gasteiger partial charge in [-0.1, -0.05) is 26.2 Å². The van der Waals surface area contributed by atoms with Gasteiger partial charge in [-0.05, 0) is 45.2 Å². The lowest BCUT2D eigenvalue weighted by Gasteiger charge is -2.26. The van der Waals surface area contributed by atoms with Crippen LogP contribution in [0.25, 0.3) is 0 Å². The van der Waals surface area contributed by atoms with Crippen molar-refractivity contribution in [2.75, 3.05) is 34.3 Å². The molecular formula is C17H34N2O2. The van der Waals surface area contributed by atoms with Crippen molar-refractivity contribution < 1.29 is 9.53 Å². The Bertz CT molecular complexity index is 295. The van der Waals surface area contributed by atoms with Crippen molar-refractivity contribution in [3.05, 3.63) is 0 Å². The molecule has 0 radical (unpaired) electrons. The molecule has 1 aliphatic rings. The Balaban J connectivity index is 2.49. The predicted molar refractivity (Wildman–Crippen MR) is 87.3 cm³/mol. The molecule has 0 amide bonds. The van der Waals surface area contributed by atoms with Crippen LogP contribution >= 0.6 is 0 Å². The highest BCUT2D eigenvalue weighted by molar-refractivity contribution is 5.69. The highest BCUT2D eigenvalue weighted by atomic mass is 16.5. The van der Waals surface area contributed by atoms with Gasteiger partial charge in [-0.3, -0.25) is 4.79 Å². The van der Waals surface area contributed by atoms with E-state index in [1.54, 1.807) is 0 Å². The summed E-state index contributed by atoms with van der Waals surface area (Å²) in [6, 6.07) is 0.580. The van der Waals surface area contributed by atoms with Gasteiger partial charge in [0.05, 0.1) is 7.11 Å². The molecule has 1 aliphatic carbocycles. The summed E-state index contributed by atoms with van der Waals surface area (Å²) in [5, 5.41) is 3.72. The number of rotatable bonds is 10. The maximum atomic E-state index is 11.6. The van der Waals surface area contributed by atoms with Gasteiger partial charge in [0.2, 0.25) is 0 Å². The van der Waals surface area contributed by atoms with E-state index in [4.69, 9.17) is 4.74 Å². The van der Waals surface area contributed by atoms with Crippen molar-refractivity contribution in [3.63, 3.8) is 0 Å². The van der Waals surface area contributed by atoms with Crippen LogP contribution in [0.5, 0.6) is 0 Å². The van der Waals surface area contributed by atoms with Gasteiger partial charge in [-0.25, -0.2) is 0 Å². The molecule has 0 aromatic carbocycles. The standard InChI is InChI=1S/C17H34N2O2/c1-5-6-7-8-15-14(13-17(20)21-4)9-10-16(15)18-11-12-19(2)3/h14-16,18H,5-13H2,1-4H3/t14-,15+,16-/m1/s1. The fraction of sp³-hybridized carbons (Fsp3) is 0.941. The minimum absolute atomic E-state index is 0.0468. The number of hydrogen-bond donors (Lipinski definition) is 1. The number of unbranched alkanes of at least 4 members (excludes halogenated alkanes) is 2. The summed E-state index contributed by atoms with van der Waals surface area (Å²) < 4.78 is 4.87. The van der Waals surface area contributed by atoms with Crippen LogP contribution in [-0.4, -0.2) is 51.2 Å². The molecule has 0 heterocycles. The number of carbonyl (C=O) groups excluding carboxylic acids is 1. The van der Waals surface area contributed by atoms with Crippen molar-refractivity contribution in [3.8, 4) is 0 Å². The van der Waals surface area contributed by atoms with E-state index in [1.807, 2.05) is 0 Å². The van der Waals surface area contributed by atoms with E-state index in [9.17, 15) is 4.79 Å². The molecule has 0 aliphatic heterocycles.